The highest BCUT2D eigenvalue weighted by molar-refractivity contribution is 5.72. The van der Waals surface area contributed by atoms with E-state index in [9.17, 15) is 9.90 Å². The monoisotopic (exact) mass is 581 g/mol. The molecule has 1 fully saturated rings. The molecule has 4 unspecified atom stereocenters. The van der Waals surface area contributed by atoms with Gasteiger partial charge in [0.1, 0.15) is 5.76 Å². The van der Waals surface area contributed by atoms with Crippen LogP contribution in [0.5, 0.6) is 11.5 Å². The Morgan fingerprint density at radius 3 is 2.21 bits per heavy atom. The van der Waals surface area contributed by atoms with Crippen LogP contribution in [-0.4, -0.2) is 54.4 Å². The third-order valence-corrected chi connectivity index (χ3v) is 10.8. The molecule has 0 amide bonds. The number of methoxy groups -OCH3 is 1. The van der Waals surface area contributed by atoms with Crippen molar-refractivity contribution < 1.29 is 24.1 Å². The van der Waals surface area contributed by atoms with Gasteiger partial charge in [0.25, 0.3) is 0 Å². The number of unbranched alkanes of at least 4 members (excludes halogenated alkanes) is 14. The maximum absolute atomic E-state index is 13.0. The van der Waals surface area contributed by atoms with Crippen LogP contribution < -0.4 is 9.47 Å². The second kappa shape index (κ2) is 14.2. The number of likely N-dealkylation sites (tertiary alicyclic amines) is 1. The molecule has 42 heavy (non-hydrogen) atoms. The Bertz CT molecular complexity index is 1100. The van der Waals surface area contributed by atoms with Crippen molar-refractivity contribution in [1.82, 2.24) is 4.90 Å². The smallest absolute Gasteiger partial charge is 0.310 e. The highest BCUT2D eigenvalue weighted by atomic mass is 16.6. The molecular formula is C36H55NO5. The minimum absolute atomic E-state index is 0.00184. The lowest BCUT2D eigenvalue weighted by atomic mass is 9.50. The predicted octanol–water partition coefficient (Wildman–Crippen LogP) is 7.78. The number of ether oxygens (including phenoxy) is 3. The maximum atomic E-state index is 13.0. The molecule has 1 aromatic carbocycles. The number of nitrogens with zero attached hydrogens (tertiary/aromatic N) is 1. The van der Waals surface area contributed by atoms with Gasteiger partial charge < -0.3 is 24.2 Å². The Morgan fingerprint density at radius 1 is 0.976 bits per heavy atom. The van der Waals surface area contributed by atoms with Crippen LogP contribution in [0.3, 0.4) is 0 Å². The molecule has 2 bridgehead atoms. The van der Waals surface area contributed by atoms with Gasteiger partial charge in [-0.1, -0.05) is 103 Å². The standard InChI is InChI=1S/C36H55NO5/c1-4-5-6-7-8-9-10-11-12-13-14-15-16-17-18-19-31(38)41-29-22-23-36(39)30-26-27-20-21-28(40-3)33-32(27)35(36,34(29)42-33)24-25-37(30)2/h20-22,30,34,39H,4-19,23-26H2,1-3H3. The first-order valence-corrected chi connectivity index (χ1v) is 17.2. The molecule has 1 aromatic rings. The highest BCUT2D eigenvalue weighted by Gasteiger charge is 2.72. The van der Waals surface area contributed by atoms with Gasteiger partial charge in [0.15, 0.2) is 17.6 Å². The van der Waals surface area contributed by atoms with Gasteiger partial charge in [-0.25, -0.2) is 0 Å². The van der Waals surface area contributed by atoms with Gasteiger partial charge in [-0.3, -0.25) is 4.79 Å². The van der Waals surface area contributed by atoms with Crippen LogP contribution >= 0.6 is 0 Å². The summed E-state index contributed by atoms with van der Waals surface area (Å²) >= 11 is 0. The molecule has 6 heteroatoms. The van der Waals surface area contributed by atoms with Crippen LogP contribution in [0.25, 0.3) is 0 Å². The number of rotatable bonds is 18. The van der Waals surface area contributed by atoms with Crippen LogP contribution in [0.15, 0.2) is 24.0 Å². The number of hydrogen-bond acceptors (Lipinski definition) is 6. The Hall–Kier alpha value is -2.05. The zero-order valence-corrected chi connectivity index (χ0v) is 26.6. The van der Waals surface area contributed by atoms with E-state index in [-0.39, 0.29) is 12.0 Å². The van der Waals surface area contributed by atoms with Crippen LogP contribution in [0.1, 0.15) is 134 Å². The van der Waals surface area contributed by atoms with Crippen molar-refractivity contribution in [3.63, 3.8) is 0 Å². The fraction of sp³-hybridized carbons (Fsp3) is 0.750. The van der Waals surface area contributed by atoms with E-state index in [0.29, 0.717) is 30.1 Å². The van der Waals surface area contributed by atoms with Gasteiger partial charge in [-0.15, -0.1) is 0 Å². The molecule has 2 heterocycles. The normalized spacial score (nSPS) is 27.3. The zero-order valence-electron chi connectivity index (χ0n) is 26.6. The fourth-order valence-corrected chi connectivity index (χ4v) is 8.41. The average molecular weight is 582 g/mol. The molecule has 234 valence electrons. The lowest BCUT2D eigenvalue weighted by molar-refractivity contribution is -0.169. The number of hydrogen-bond donors (Lipinski definition) is 1. The molecule has 0 saturated carbocycles. The second-order valence-corrected chi connectivity index (χ2v) is 13.5. The molecule has 1 spiro atoms. The summed E-state index contributed by atoms with van der Waals surface area (Å²) in [6, 6.07) is 4.09. The fourth-order valence-electron chi connectivity index (χ4n) is 8.41. The molecule has 4 aliphatic rings. The van der Waals surface area contributed by atoms with Crippen LogP contribution in [0, 0.1) is 0 Å². The molecule has 1 N–H and O–H groups in total. The van der Waals surface area contributed by atoms with Gasteiger partial charge in [0.05, 0.1) is 18.1 Å². The summed E-state index contributed by atoms with van der Waals surface area (Å²) < 4.78 is 18.3. The van der Waals surface area contributed by atoms with E-state index in [1.54, 1.807) is 7.11 Å². The van der Waals surface area contributed by atoms with E-state index < -0.39 is 17.1 Å². The molecule has 2 aliphatic heterocycles. The minimum atomic E-state index is -0.973. The maximum Gasteiger partial charge on any atom is 0.310 e. The first-order valence-electron chi connectivity index (χ1n) is 17.2. The van der Waals surface area contributed by atoms with E-state index >= 15 is 0 Å². The van der Waals surface area contributed by atoms with E-state index in [2.05, 4.69) is 24.9 Å². The molecule has 1 saturated heterocycles. The molecule has 6 nitrogen and oxygen atoms in total. The van der Waals surface area contributed by atoms with Crippen molar-refractivity contribution in [3.05, 3.63) is 35.1 Å². The highest BCUT2D eigenvalue weighted by Crippen LogP contribution is 2.65. The quantitative estimate of drug-likeness (QED) is 0.141. The van der Waals surface area contributed by atoms with Crippen molar-refractivity contribution in [1.29, 1.82) is 0 Å². The van der Waals surface area contributed by atoms with Gasteiger partial charge >= 0.3 is 5.97 Å². The molecule has 0 aromatic heterocycles. The Labute approximate surface area is 254 Å². The Kier molecular flexibility index (Phi) is 10.6. The van der Waals surface area contributed by atoms with E-state index in [0.717, 1.165) is 37.8 Å². The largest absolute Gasteiger partial charge is 0.493 e. The number of esters is 1. The second-order valence-electron chi connectivity index (χ2n) is 13.5. The molecule has 4 atom stereocenters. The lowest BCUT2D eigenvalue weighted by Crippen LogP contribution is -2.74. The predicted molar refractivity (Wildman–Crippen MR) is 167 cm³/mol. The number of carbonyl (C=O) groups excluding carboxylic acids is 1. The summed E-state index contributed by atoms with van der Waals surface area (Å²) in [5.74, 6) is 1.78. The van der Waals surface area contributed by atoms with E-state index in [1.807, 2.05) is 12.1 Å². The van der Waals surface area contributed by atoms with Crippen LogP contribution in [0.2, 0.25) is 0 Å². The van der Waals surface area contributed by atoms with Gasteiger partial charge in [-0.05, 0) is 50.6 Å². The molecular weight excluding hydrogens is 526 g/mol. The number of piperidine rings is 1. The SMILES string of the molecule is CCCCCCCCCCCCCCCCCC(=O)OC1=CCC2(O)C3Cc4ccc(OC)c5c4C2(CCN3C)C1O5. The number of benzene rings is 1. The van der Waals surface area contributed by atoms with Crippen molar-refractivity contribution in [2.24, 2.45) is 0 Å². The van der Waals surface area contributed by atoms with Gasteiger partial charge in [-0.2, -0.15) is 0 Å². The number of likely N-dealkylation sites (N-methyl/N-ethyl adjacent to an activating group) is 1. The van der Waals surface area contributed by atoms with E-state index in [1.165, 1.54) is 89.0 Å². The average Bonchev–Trinajstić information content (AvgIpc) is 3.34. The van der Waals surface area contributed by atoms with Gasteiger partial charge in [0, 0.05) is 24.4 Å². The van der Waals surface area contributed by atoms with Crippen molar-refractivity contribution in [2.45, 2.75) is 152 Å². The Morgan fingerprint density at radius 2 is 1.60 bits per heavy atom. The molecule has 0 radical (unpaired) electrons. The summed E-state index contributed by atoms with van der Waals surface area (Å²) in [5.41, 5.74) is 0.683. The first-order chi connectivity index (χ1) is 20.5. The van der Waals surface area contributed by atoms with Crippen molar-refractivity contribution in [2.75, 3.05) is 20.7 Å². The van der Waals surface area contributed by atoms with Crippen molar-refractivity contribution in [3.8, 4) is 11.5 Å². The summed E-state index contributed by atoms with van der Waals surface area (Å²) in [7, 11) is 3.76. The van der Waals surface area contributed by atoms with E-state index in [4.69, 9.17) is 14.2 Å². The van der Waals surface area contributed by atoms with Crippen LogP contribution in [-0.2, 0) is 21.4 Å². The third kappa shape index (κ3) is 6.00. The summed E-state index contributed by atoms with van der Waals surface area (Å²) in [5, 5.41) is 12.3. The first kappa shape index (κ1) is 31.4. The third-order valence-electron chi connectivity index (χ3n) is 10.8. The van der Waals surface area contributed by atoms with Crippen molar-refractivity contribution >= 4 is 5.97 Å². The molecule has 5 rings (SSSR count). The van der Waals surface area contributed by atoms with Crippen LogP contribution in [0.4, 0.5) is 0 Å². The van der Waals surface area contributed by atoms with Gasteiger partial charge in [0.2, 0.25) is 0 Å². The zero-order chi connectivity index (χ0) is 29.6. The summed E-state index contributed by atoms with van der Waals surface area (Å²) in [6.45, 7) is 3.14. The number of aliphatic hydroxyl groups is 1. The minimum Gasteiger partial charge on any atom is -0.493 e. The molecule has 2 aliphatic carbocycles. The summed E-state index contributed by atoms with van der Waals surface area (Å²) in [4.78, 5) is 15.3. The lowest BCUT2D eigenvalue weighted by Gasteiger charge is -2.61. The summed E-state index contributed by atoms with van der Waals surface area (Å²) in [6.07, 6.45) is 23.3. The Balaban J connectivity index is 1.06. The topological polar surface area (TPSA) is 68.2 Å². The number of carbonyl (C=O) groups is 1.